The van der Waals surface area contributed by atoms with Gasteiger partial charge in [-0.3, -0.25) is 4.79 Å². The first-order valence-electron chi connectivity index (χ1n) is 7.11. The first kappa shape index (κ1) is 18.6. The lowest BCUT2D eigenvalue weighted by molar-refractivity contribution is -0.137. The van der Waals surface area contributed by atoms with Gasteiger partial charge in [0.25, 0.3) is 0 Å². The van der Waals surface area contributed by atoms with Gasteiger partial charge >= 0.3 is 6.18 Å². The van der Waals surface area contributed by atoms with Gasteiger partial charge in [-0.25, -0.2) is 0 Å². The van der Waals surface area contributed by atoms with Crippen molar-refractivity contribution >= 4 is 29.3 Å². The first-order valence-corrected chi connectivity index (χ1v) is 7.49. The Kier molecular flexibility index (Phi) is 5.84. The lowest BCUT2D eigenvalue weighted by Crippen LogP contribution is -2.08. The number of amides is 1. The van der Waals surface area contributed by atoms with Crippen molar-refractivity contribution in [2.24, 2.45) is 0 Å². The summed E-state index contributed by atoms with van der Waals surface area (Å²) in [6.07, 6.45) is -1.89. The number of alkyl halides is 3. The fourth-order valence-corrected chi connectivity index (χ4v) is 2.24. The van der Waals surface area contributed by atoms with Crippen LogP contribution in [0.4, 0.5) is 18.9 Å². The van der Waals surface area contributed by atoms with E-state index in [1.54, 1.807) is 24.3 Å². The minimum Gasteiger partial charge on any atom is -0.323 e. The third-order valence-electron chi connectivity index (χ3n) is 3.23. The highest BCUT2D eigenvalue weighted by Gasteiger charge is 2.33. The van der Waals surface area contributed by atoms with Gasteiger partial charge in [0.15, 0.2) is 0 Å². The van der Waals surface area contributed by atoms with Crippen LogP contribution in [0.15, 0.2) is 48.5 Å². The predicted molar refractivity (Wildman–Crippen MR) is 89.9 cm³/mol. The van der Waals surface area contributed by atoms with Crippen LogP contribution >= 0.6 is 11.6 Å². The molecule has 0 atom stereocenters. The van der Waals surface area contributed by atoms with E-state index in [-0.39, 0.29) is 12.0 Å². The van der Waals surface area contributed by atoms with Crippen LogP contribution in [0.3, 0.4) is 0 Å². The minimum atomic E-state index is -4.56. The minimum absolute atomic E-state index is 0.205. The number of nitriles is 1. The number of carbonyl (C=O) groups excluding carboxylic acids is 1. The zero-order chi connectivity index (χ0) is 18.4. The number of benzene rings is 2. The fraction of sp³-hybridized carbons (Fsp3) is 0.111. The van der Waals surface area contributed by atoms with Gasteiger partial charge in [-0.05, 0) is 41.5 Å². The third-order valence-corrected chi connectivity index (χ3v) is 3.56. The summed E-state index contributed by atoms with van der Waals surface area (Å²) >= 11 is 5.54. The van der Waals surface area contributed by atoms with Crippen LogP contribution in [0.25, 0.3) is 6.08 Å². The van der Waals surface area contributed by atoms with Crippen molar-refractivity contribution in [3.05, 3.63) is 70.3 Å². The van der Waals surface area contributed by atoms with E-state index in [1.807, 2.05) is 6.07 Å². The zero-order valence-electron chi connectivity index (χ0n) is 12.8. The Labute approximate surface area is 147 Å². The quantitative estimate of drug-likeness (QED) is 0.769. The number of halogens is 4. The Bertz CT molecular complexity index is 837. The Hall–Kier alpha value is -2.78. The standard InChI is InChI=1S/C18H12ClF3N2O/c19-16-7-3-13(11-15(16)18(20,21)22)4-8-17(25)24-14-5-1-12(2-6-14)9-10-23/h1-8,11H,9H2,(H,24,25)/b8-4+. The smallest absolute Gasteiger partial charge is 0.323 e. The Morgan fingerprint density at radius 1 is 1.20 bits per heavy atom. The lowest BCUT2D eigenvalue weighted by Gasteiger charge is -2.09. The molecule has 0 saturated carbocycles. The van der Waals surface area contributed by atoms with Gasteiger partial charge in [-0.2, -0.15) is 18.4 Å². The molecular weight excluding hydrogens is 353 g/mol. The predicted octanol–water partition coefficient (Wildman–Crippen LogP) is 5.08. The Morgan fingerprint density at radius 3 is 2.48 bits per heavy atom. The molecular formula is C18H12ClF3N2O. The van der Waals surface area contributed by atoms with E-state index in [9.17, 15) is 18.0 Å². The number of rotatable bonds is 4. The van der Waals surface area contributed by atoms with E-state index < -0.39 is 22.7 Å². The van der Waals surface area contributed by atoms with Gasteiger partial charge in [0, 0.05) is 11.8 Å². The van der Waals surface area contributed by atoms with Gasteiger partial charge in [0.05, 0.1) is 23.1 Å². The summed E-state index contributed by atoms with van der Waals surface area (Å²) < 4.78 is 38.4. The molecule has 2 rings (SSSR count). The van der Waals surface area contributed by atoms with Crippen molar-refractivity contribution in [3.8, 4) is 6.07 Å². The molecule has 0 aliphatic carbocycles. The molecule has 3 nitrogen and oxygen atoms in total. The number of nitrogens with zero attached hydrogens (tertiary/aromatic N) is 1. The molecule has 0 unspecified atom stereocenters. The number of nitrogens with one attached hydrogen (secondary N) is 1. The van der Waals surface area contributed by atoms with Crippen LogP contribution in [0.1, 0.15) is 16.7 Å². The number of anilines is 1. The lowest BCUT2D eigenvalue weighted by atomic mass is 10.1. The summed E-state index contributed by atoms with van der Waals surface area (Å²) in [6.45, 7) is 0. The molecule has 0 fully saturated rings. The Morgan fingerprint density at radius 2 is 1.88 bits per heavy atom. The molecule has 0 radical (unpaired) electrons. The van der Waals surface area contributed by atoms with Crippen LogP contribution in [0.5, 0.6) is 0 Å². The largest absolute Gasteiger partial charge is 0.417 e. The highest BCUT2D eigenvalue weighted by molar-refractivity contribution is 6.31. The topological polar surface area (TPSA) is 52.9 Å². The van der Waals surface area contributed by atoms with E-state index in [4.69, 9.17) is 16.9 Å². The summed E-state index contributed by atoms with van der Waals surface area (Å²) in [6, 6.07) is 12.1. The maximum atomic E-state index is 12.8. The van der Waals surface area contributed by atoms with E-state index in [2.05, 4.69) is 5.32 Å². The van der Waals surface area contributed by atoms with Crippen LogP contribution in [-0.2, 0) is 17.4 Å². The highest BCUT2D eigenvalue weighted by Crippen LogP contribution is 2.35. The summed E-state index contributed by atoms with van der Waals surface area (Å²) in [7, 11) is 0. The summed E-state index contributed by atoms with van der Waals surface area (Å²) in [5.74, 6) is -0.489. The molecule has 0 aromatic heterocycles. The van der Waals surface area contributed by atoms with Crippen LogP contribution in [0, 0.1) is 11.3 Å². The molecule has 0 aliphatic heterocycles. The third kappa shape index (κ3) is 5.37. The summed E-state index contributed by atoms with van der Waals surface area (Å²) in [5, 5.41) is 10.8. The molecule has 2 aromatic rings. The molecule has 0 saturated heterocycles. The van der Waals surface area contributed by atoms with E-state index in [1.165, 1.54) is 12.1 Å². The van der Waals surface area contributed by atoms with Gasteiger partial charge in [0.1, 0.15) is 0 Å². The summed E-state index contributed by atoms with van der Waals surface area (Å²) in [4.78, 5) is 11.8. The van der Waals surface area contributed by atoms with Crippen LogP contribution < -0.4 is 5.32 Å². The molecule has 128 valence electrons. The molecule has 0 heterocycles. The highest BCUT2D eigenvalue weighted by atomic mass is 35.5. The van der Waals surface area contributed by atoms with Crippen molar-refractivity contribution in [2.45, 2.75) is 12.6 Å². The fourth-order valence-electron chi connectivity index (χ4n) is 2.02. The van der Waals surface area contributed by atoms with Crippen LogP contribution in [-0.4, -0.2) is 5.91 Å². The number of hydrogen-bond donors (Lipinski definition) is 1. The maximum absolute atomic E-state index is 12.8. The Balaban J connectivity index is 2.06. The first-order chi connectivity index (χ1) is 11.8. The van der Waals surface area contributed by atoms with Gasteiger partial charge in [0.2, 0.25) is 5.91 Å². The molecule has 0 aliphatic rings. The van der Waals surface area contributed by atoms with E-state index in [0.717, 1.165) is 23.8 Å². The molecule has 0 bridgehead atoms. The van der Waals surface area contributed by atoms with Crippen molar-refractivity contribution < 1.29 is 18.0 Å². The van der Waals surface area contributed by atoms with E-state index in [0.29, 0.717) is 5.69 Å². The zero-order valence-corrected chi connectivity index (χ0v) is 13.5. The molecule has 25 heavy (non-hydrogen) atoms. The van der Waals surface area contributed by atoms with Crippen molar-refractivity contribution in [1.82, 2.24) is 0 Å². The second-order valence-electron chi connectivity index (χ2n) is 5.09. The molecule has 2 aromatic carbocycles. The van der Waals surface area contributed by atoms with Crippen molar-refractivity contribution in [3.63, 3.8) is 0 Å². The van der Waals surface area contributed by atoms with Gasteiger partial charge < -0.3 is 5.32 Å². The van der Waals surface area contributed by atoms with E-state index >= 15 is 0 Å². The molecule has 0 spiro atoms. The monoisotopic (exact) mass is 364 g/mol. The number of hydrogen-bond acceptors (Lipinski definition) is 2. The second-order valence-corrected chi connectivity index (χ2v) is 5.50. The van der Waals surface area contributed by atoms with Gasteiger partial charge in [-0.1, -0.05) is 29.8 Å². The maximum Gasteiger partial charge on any atom is 0.417 e. The van der Waals surface area contributed by atoms with Crippen LogP contribution in [0.2, 0.25) is 5.02 Å². The normalized spacial score (nSPS) is 11.3. The molecule has 1 N–H and O–H groups in total. The average Bonchev–Trinajstić information content (AvgIpc) is 2.55. The summed E-state index contributed by atoms with van der Waals surface area (Å²) in [5.41, 5.74) is 0.585. The number of carbonyl (C=O) groups is 1. The van der Waals surface area contributed by atoms with Crippen molar-refractivity contribution in [2.75, 3.05) is 5.32 Å². The second kappa shape index (κ2) is 7.86. The average molecular weight is 365 g/mol. The van der Waals surface area contributed by atoms with Gasteiger partial charge in [-0.15, -0.1) is 0 Å². The molecule has 1 amide bonds. The molecule has 7 heteroatoms. The SMILES string of the molecule is N#CCc1ccc(NC(=O)/C=C/c2ccc(Cl)c(C(F)(F)F)c2)cc1. The van der Waals surface area contributed by atoms with Crippen molar-refractivity contribution in [1.29, 1.82) is 5.26 Å².